The van der Waals surface area contributed by atoms with Gasteiger partial charge in [-0.1, -0.05) is 6.92 Å². The molecule has 4 heteroatoms. The summed E-state index contributed by atoms with van der Waals surface area (Å²) in [5.74, 6) is 1.55. The van der Waals surface area contributed by atoms with E-state index in [0.717, 1.165) is 36.7 Å². The van der Waals surface area contributed by atoms with Gasteiger partial charge < -0.3 is 4.90 Å². The summed E-state index contributed by atoms with van der Waals surface area (Å²) in [4.78, 5) is 11.1. The molecule has 0 radical (unpaired) electrons. The predicted molar refractivity (Wildman–Crippen MR) is 67.1 cm³/mol. The Morgan fingerprint density at radius 3 is 2.75 bits per heavy atom. The van der Waals surface area contributed by atoms with Crippen LogP contribution >= 0.6 is 11.6 Å². The van der Waals surface area contributed by atoms with Gasteiger partial charge in [-0.2, -0.15) is 0 Å². The van der Waals surface area contributed by atoms with E-state index in [9.17, 15) is 0 Å². The van der Waals surface area contributed by atoms with Crippen molar-refractivity contribution in [3.8, 4) is 0 Å². The molecule has 2 rings (SSSR count). The molecule has 0 N–H and O–H groups in total. The maximum absolute atomic E-state index is 6.29. The zero-order valence-corrected chi connectivity index (χ0v) is 10.8. The summed E-state index contributed by atoms with van der Waals surface area (Å²) in [5.41, 5.74) is 2.00. The van der Waals surface area contributed by atoms with E-state index in [1.54, 1.807) is 0 Å². The summed E-state index contributed by atoms with van der Waals surface area (Å²) < 4.78 is 0. The lowest BCUT2D eigenvalue weighted by molar-refractivity contribution is 0.443. The fourth-order valence-corrected chi connectivity index (χ4v) is 2.20. The van der Waals surface area contributed by atoms with Crippen molar-refractivity contribution >= 4 is 17.4 Å². The zero-order valence-electron chi connectivity index (χ0n) is 10.1. The van der Waals surface area contributed by atoms with Crippen LogP contribution in [0.4, 0.5) is 5.82 Å². The molecule has 0 spiro atoms. The normalized spacial score (nSPS) is 25.9. The third kappa shape index (κ3) is 2.29. The van der Waals surface area contributed by atoms with Crippen LogP contribution in [0.1, 0.15) is 24.7 Å². The Balaban J connectivity index is 2.15. The molecule has 0 aromatic carbocycles. The van der Waals surface area contributed by atoms with Crippen LogP contribution in [0, 0.1) is 19.8 Å². The van der Waals surface area contributed by atoms with Gasteiger partial charge in [-0.25, -0.2) is 4.98 Å². The lowest BCUT2D eigenvalue weighted by Gasteiger charge is -2.34. The molecule has 2 heterocycles. The summed E-state index contributed by atoms with van der Waals surface area (Å²) in [6.07, 6.45) is 2.98. The highest BCUT2D eigenvalue weighted by atomic mass is 35.5. The molecule has 1 fully saturated rings. The molecule has 0 bridgehead atoms. The quantitative estimate of drug-likeness (QED) is 0.706. The van der Waals surface area contributed by atoms with Crippen molar-refractivity contribution < 1.29 is 0 Å². The van der Waals surface area contributed by atoms with Crippen LogP contribution in [-0.4, -0.2) is 28.4 Å². The summed E-state index contributed by atoms with van der Waals surface area (Å²) >= 11 is 6.29. The number of hydrogen-bond acceptors (Lipinski definition) is 3. The minimum atomic E-state index is 0.220. The van der Waals surface area contributed by atoms with E-state index in [-0.39, 0.29) is 5.38 Å². The molecule has 1 aliphatic heterocycles. The highest BCUT2D eigenvalue weighted by Gasteiger charge is 2.25. The first-order valence-electron chi connectivity index (χ1n) is 5.77. The van der Waals surface area contributed by atoms with Crippen molar-refractivity contribution in [1.82, 2.24) is 9.97 Å². The molecule has 0 aliphatic carbocycles. The van der Waals surface area contributed by atoms with Crippen molar-refractivity contribution in [2.45, 2.75) is 32.6 Å². The molecule has 0 saturated carbocycles. The number of hydrogen-bond donors (Lipinski definition) is 0. The zero-order chi connectivity index (χ0) is 11.7. The van der Waals surface area contributed by atoms with Crippen LogP contribution in [0.3, 0.4) is 0 Å². The third-order valence-corrected chi connectivity index (χ3v) is 3.94. The number of aryl methyl sites for hydroxylation is 2. The third-order valence-electron chi connectivity index (χ3n) is 3.37. The number of alkyl halides is 1. The molecular formula is C12H18ClN3. The van der Waals surface area contributed by atoms with Crippen LogP contribution in [0.25, 0.3) is 0 Å². The SMILES string of the molecule is Cc1ncc(N2CCC(C)C(Cl)C2)nc1C. The van der Waals surface area contributed by atoms with Gasteiger partial charge in [0.1, 0.15) is 5.82 Å². The van der Waals surface area contributed by atoms with E-state index in [2.05, 4.69) is 21.8 Å². The Morgan fingerprint density at radius 1 is 1.38 bits per heavy atom. The van der Waals surface area contributed by atoms with Crippen molar-refractivity contribution in [1.29, 1.82) is 0 Å². The molecule has 0 amide bonds. The molecule has 1 saturated heterocycles. The lowest BCUT2D eigenvalue weighted by atomic mass is 9.99. The summed E-state index contributed by atoms with van der Waals surface area (Å²) in [7, 11) is 0. The summed E-state index contributed by atoms with van der Waals surface area (Å²) in [6.45, 7) is 8.09. The summed E-state index contributed by atoms with van der Waals surface area (Å²) in [5, 5.41) is 0.220. The molecule has 2 unspecified atom stereocenters. The minimum absolute atomic E-state index is 0.220. The van der Waals surface area contributed by atoms with Gasteiger partial charge in [0, 0.05) is 13.1 Å². The molecule has 1 aromatic rings. The topological polar surface area (TPSA) is 29.0 Å². The number of rotatable bonds is 1. The number of halogens is 1. The number of anilines is 1. The van der Waals surface area contributed by atoms with Gasteiger partial charge in [0.25, 0.3) is 0 Å². The van der Waals surface area contributed by atoms with Gasteiger partial charge >= 0.3 is 0 Å². The second-order valence-corrected chi connectivity index (χ2v) is 5.19. The van der Waals surface area contributed by atoms with Gasteiger partial charge in [-0.3, -0.25) is 4.98 Å². The molecule has 2 atom stereocenters. The Labute approximate surface area is 102 Å². The summed E-state index contributed by atoms with van der Waals surface area (Å²) in [6, 6.07) is 0. The van der Waals surface area contributed by atoms with Crippen molar-refractivity contribution in [2.75, 3.05) is 18.0 Å². The van der Waals surface area contributed by atoms with Gasteiger partial charge in [-0.05, 0) is 26.2 Å². The predicted octanol–water partition coefficient (Wildman–Crippen LogP) is 2.55. The Kier molecular flexibility index (Phi) is 3.33. The molecule has 3 nitrogen and oxygen atoms in total. The monoisotopic (exact) mass is 239 g/mol. The maximum atomic E-state index is 6.29. The molecule has 1 aliphatic rings. The minimum Gasteiger partial charge on any atom is -0.354 e. The van der Waals surface area contributed by atoms with E-state index in [1.165, 1.54) is 0 Å². The second-order valence-electron chi connectivity index (χ2n) is 4.63. The van der Waals surface area contributed by atoms with E-state index in [4.69, 9.17) is 11.6 Å². The fraction of sp³-hybridized carbons (Fsp3) is 0.667. The van der Waals surface area contributed by atoms with Gasteiger partial charge in [-0.15, -0.1) is 11.6 Å². The first kappa shape index (κ1) is 11.6. The average Bonchev–Trinajstić information content (AvgIpc) is 2.26. The van der Waals surface area contributed by atoms with E-state index >= 15 is 0 Å². The van der Waals surface area contributed by atoms with Gasteiger partial charge in [0.05, 0.1) is 23.0 Å². The Bertz CT molecular complexity index is 381. The van der Waals surface area contributed by atoms with Crippen LogP contribution in [0.15, 0.2) is 6.20 Å². The van der Waals surface area contributed by atoms with E-state index in [0.29, 0.717) is 5.92 Å². The highest BCUT2D eigenvalue weighted by molar-refractivity contribution is 6.21. The van der Waals surface area contributed by atoms with E-state index in [1.807, 2.05) is 20.0 Å². The smallest absolute Gasteiger partial charge is 0.147 e. The first-order chi connectivity index (χ1) is 7.58. The van der Waals surface area contributed by atoms with Crippen LogP contribution in [0.5, 0.6) is 0 Å². The van der Waals surface area contributed by atoms with Crippen LogP contribution < -0.4 is 4.90 Å². The van der Waals surface area contributed by atoms with Crippen molar-refractivity contribution in [2.24, 2.45) is 5.92 Å². The Morgan fingerprint density at radius 2 is 2.12 bits per heavy atom. The molecule has 1 aromatic heterocycles. The number of piperidine rings is 1. The van der Waals surface area contributed by atoms with E-state index < -0.39 is 0 Å². The number of aromatic nitrogens is 2. The number of nitrogens with zero attached hydrogens (tertiary/aromatic N) is 3. The molecular weight excluding hydrogens is 222 g/mol. The first-order valence-corrected chi connectivity index (χ1v) is 6.21. The van der Waals surface area contributed by atoms with Gasteiger partial charge in [0.15, 0.2) is 0 Å². The fourth-order valence-electron chi connectivity index (χ4n) is 1.91. The van der Waals surface area contributed by atoms with Gasteiger partial charge in [0.2, 0.25) is 0 Å². The van der Waals surface area contributed by atoms with Crippen molar-refractivity contribution in [3.05, 3.63) is 17.6 Å². The van der Waals surface area contributed by atoms with Crippen LogP contribution in [-0.2, 0) is 0 Å². The van der Waals surface area contributed by atoms with Crippen molar-refractivity contribution in [3.63, 3.8) is 0 Å². The highest BCUT2D eigenvalue weighted by Crippen LogP contribution is 2.25. The molecule has 88 valence electrons. The average molecular weight is 240 g/mol. The van der Waals surface area contributed by atoms with Crippen LogP contribution in [0.2, 0.25) is 0 Å². The largest absolute Gasteiger partial charge is 0.354 e. The lowest BCUT2D eigenvalue weighted by Crippen LogP contribution is -2.40. The standard InChI is InChI=1S/C12H18ClN3/c1-8-4-5-16(7-11(8)13)12-6-14-9(2)10(3)15-12/h6,8,11H,4-5,7H2,1-3H3. The Hall–Kier alpha value is -0.830. The molecule has 16 heavy (non-hydrogen) atoms. The maximum Gasteiger partial charge on any atom is 0.147 e. The second kappa shape index (κ2) is 4.58.